The molecule has 1 aromatic carbocycles. The molecule has 82 valence electrons. The number of nitriles is 1. The van der Waals surface area contributed by atoms with Crippen LogP contribution in [0.3, 0.4) is 0 Å². The zero-order valence-corrected chi connectivity index (χ0v) is 9.07. The molecule has 0 unspecified atom stereocenters. The maximum atomic E-state index is 8.35. The lowest BCUT2D eigenvalue weighted by Crippen LogP contribution is -1.96. The number of nitrogens with two attached hydrogens (primary N) is 1. The summed E-state index contributed by atoms with van der Waals surface area (Å²) in [5, 5.41) is 8.35. The fourth-order valence-corrected chi connectivity index (χ4v) is 1.09. The SMILES string of the molecule is N#CCCOc1ccc(C#CCCN)cc1. The molecule has 16 heavy (non-hydrogen) atoms. The third-order valence-electron chi connectivity index (χ3n) is 1.84. The third-order valence-corrected chi connectivity index (χ3v) is 1.84. The van der Waals surface area contributed by atoms with Gasteiger partial charge in [-0.2, -0.15) is 5.26 Å². The van der Waals surface area contributed by atoms with Gasteiger partial charge in [0.15, 0.2) is 0 Å². The predicted molar refractivity (Wildman–Crippen MR) is 62.7 cm³/mol. The molecule has 3 heteroatoms. The van der Waals surface area contributed by atoms with Crippen molar-refractivity contribution in [2.75, 3.05) is 13.2 Å². The third kappa shape index (κ3) is 4.50. The Hall–Kier alpha value is -1.97. The highest BCUT2D eigenvalue weighted by atomic mass is 16.5. The van der Waals surface area contributed by atoms with Gasteiger partial charge in [0, 0.05) is 18.5 Å². The van der Waals surface area contributed by atoms with E-state index >= 15 is 0 Å². The summed E-state index contributed by atoms with van der Waals surface area (Å²) in [5.41, 5.74) is 6.28. The van der Waals surface area contributed by atoms with Crippen molar-refractivity contribution in [2.24, 2.45) is 5.73 Å². The van der Waals surface area contributed by atoms with Crippen LogP contribution in [0.1, 0.15) is 18.4 Å². The minimum atomic E-state index is 0.401. The van der Waals surface area contributed by atoms with E-state index in [4.69, 9.17) is 15.7 Å². The first kappa shape index (κ1) is 12.1. The molecule has 0 atom stereocenters. The molecule has 3 nitrogen and oxygen atoms in total. The van der Waals surface area contributed by atoms with E-state index in [0.717, 1.165) is 11.3 Å². The average Bonchev–Trinajstić information content (AvgIpc) is 2.32. The molecule has 0 saturated heterocycles. The van der Waals surface area contributed by atoms with Gasteiger partial charge in [-0.25, -0.2) is 0 Å². The molecule has 0 aliphatic rings. The van der Waals surface area contributed by atoms with Crippen LogP contribution in [0.4, 0.5) is 0 Å². The van der Waals surface area contributed by atoms with Crippen molar-refractivity contribution in [3.8, 4) is 23.7 Å². The van der Waals surface area contributed by atoms with E-state index in [9.17, 15) is 0 Å². The first-order valence-corrected chi connectivity index (χ1v) is 5.15. The topological polar surface area (TPSA) is 59.0 Å². The highest BCUT2D eigenvalue weighted by molar-refractivity contribution is 5.38. The van der Waals surface area contributed by atoms with Crippen molar-refractivity contribution in [2.45, 2.75) is 12.8 Å². The summed E-state index contributed by atoms with van der Waals surface area (Å²) in [6, 6.07) is 9.51. The summed E-state index contributed by atoms with van der Waals surface area (Å²) in [5.74, 6) is 6.73. The average molecular weight is 214 g/mol. The molecule has 1 rings (SSSR count). The highest BCUT2D eigenvalue weighted by Crippen LogP contribution is 2.11. The normalized spacial score (nSPS) is 8.75. The Morgan fingerprint density at radius 1 is 1.19 bits per heavy atom. The van der Waals surface area contributed by atoms with Crippen LogP contribution in [0.15, 0.2) is 24.3 Å². The predicted octanol–water partition coefficient (Wildman–Crippen LogP) is 1.68. The smallest absolute Gasteiger partial charge is 0.119 e. The second kappa shape index (κ2) is 7.34. The lowest BCUT2D eigenvalue weighted by atomic mass is 10.2. The van der Waals surface area contributed by atoms with Crippen molar-refractivity contribution < 1.29 is 4.74 Å². The minimum absolute atomic E-state index is 0.401. The monoisotopic (exact) mass is 214 g/mol. The van der Waals surface area contributed by atoms with E-state index < -0.39 is 0 Å². The van der Waals surface area contributed by atoms with Crippen LogP contribution in [0, 0.1) is 23.2 Å². The molecule has 0 aliphatic heterocycles. The molecule has 0 bridgehead atoms. The van der Waals surface area contributed by atoms with E-state index in [1.165, 1.54) is 0 Å². The first-order chi connectivity index (χ1) is 7.86. The summed E-state index contributed by atoms with van der Waals surface area (Å²) in [6.07, 6.45) is 1.11. The van der Waals surface area contributed by atoms with Crippen molar-refractivity contribution in [3.63, 3.8) is 0 Å². The summed E-state index contributed by atoms with van der Waals surface area (Å²) < 4.78 is 5.34. The Kier molecular flexibility index (Phi) is 5.55. The highest BCUT2D eigenvalue weighted by Gasteiger charge is 1.92. The van der Waals surface area contributed by atoms with Crippen LogP contribution in [0.2, 0.25) is 0 Å². The maximum absolute atomic E-state index is 8.35. The summed E-state index contributed by atoms with van der Waals surface area (Å²) >= 11 is 0. The standard InChI is InChI=1S/C13H14N2O/c14-9-2-1-4-12-5-7-13(8-6-12)16-11-3-10-15/h5-8H,2-3,9,11,14H2. The molecular formula is C13H14N2O. The lowest BCUT2D eigenvalue weighted by Gasteiger charge is -2.02. The van der Waals surface area contributed by atoms with Gasteiger partial charge in [-0.3, -0.25) is 0 Å². The maximum Gasteiger partial charge on any atom is 0.119 e. The largest absolute Gasteiger partial charge is 0.493 e. The number of hydrogen-bond donors (Lipinski definition) is 1. The zero-order valence-electron chi connectivity index (χ0n) is 9.07. The van der Waals surface area contributed by atoms with Crippen molar-refractivity contribution in [3.05, 3.63) is 29.8 Å². The number of hydrogen-bond acceptors (Lipinski definition) is 3. The van der Waals surface area contributed by atoms with Gasteiger partial charge in [0.25, 0.3) is 0 Å². The van der Waals surface area contributed by atoms with Crippen LogP contribution >= 0.6 is 0 Å². The van der Waals surface area contributed by atoms with Crippen molar-refractivity contribution >= 4 is 0 Å². The number of benzene rings is 1. The molecule has 2 N–H and O–H groups in total. The van der Waals surface area contributed by atoms with Crippen molar-refractivity contribution in [1.82, 2.24) is 0 Å². The van der Waals surface area contributed by atoms with E-state index in [-0.39, 0.29) is 0 Å². The second-order valence-corrected chi connectivity index (χ2v) is 3.12. The second-order valence-electron chi connectivity index (χ2n) is 3.12. The van der Waals surface area contributed by atoms with E-state index in [1.54, 1.807) is 0 Å². The zero-order chi connectivity index (χ0) is 11.6. The molecule has 0 saturated carbocycles. The van der Waals surface area contributed by atoms with Gasteiger partial charge in [-0.15, -0.1) is 0 Å². The first-order valence-electron chi connectivity index (χ1n) is 5.15. The number of nitrogens with zero attached hydrogens (tertiary/aromatic N) is 1. The molecular weight excluding hydrogens is 200 g/mol. The molecule has 0 fully saturated rings. The van der Waals surface area contributed by atoms with Gasteiger partial charge in [-0.1, -0.05) is 11.8 Å². The quantitative estimate of drug-likeness (QED) is 0.612. The van der Waals surface area contributed by atoms with E-state index in [0.29, 0.717) is 26.0 Å². The van der Waals surface area contributed by atoms with Crippen LogP contribution in [-0.4, -0.2) is 13.2 Å². The molecule has 0 radical (unpaired) electrons. The minimum Gasteiger partial charge on any atom is -0.493 e. The molecule has 0 amide bonds. The number of ether oxygens (including phenoxy) is 1. The molecule has 1 aromatic rings. The molecule has 0 spiro atoms. The summed E-state index contributed by atoms with van der Waals surface area (Å²) in [4.78, 5) is 0. The fourth-order valence-electron chi connectivity index (χ4n) is 1.09. The number of rotatable bonds is 4. The Morgan fingerprint density at radius 3 is 2.56 bits per heavy atom. The Bertz CT molecular complexity index is 406. The van der Waals surface area contributed by atoms with Crippen LogP contribution in [0.25, 0.3) is 0 Å². The fraction of sp³-hybridized carbons (Fsp3) is 0.308. The van der Waals surface area contributed by atoms with Crippen LogP contribution < -0.4 is 10.5 Å². The van der Waals surface area contributed by atoms with Crippen molar-refractivity contribution in [1.29, 1.82) is 5.26 Å². The van der Waals surface area contributed by atoms with E-state index in [1.807, 2.05) is 30.3 Å². The van der Waals surface area contributed by atoms with Gasteiger partial charge in [0.05, 0.1) is 12.5 Å². The molecule has 0 aromatic heterocycles. The van der Waals surface area contributed by atoms with Gasteiger partial charge >= 0.3 is 0 Å². The lowest BCUT2D eigenvalue weighted by molar-refractivity contribution is 0.326. The molecule has 0 heterocycles. The Balaban J connectivity index is 2.49. The van der Waals surface area contributed by atoms with Gasteiger partial charge in [0.1, 0.15) is 12.4 Å². The summed E-state index contributed by atoms with van der Waals surface area (Å²) in [6.45, 7) is 1.01. The Labute approximate surface area is 95.8 Å². The van der Waals surface area contributed by atoms with Crippen LogP contribution in [-0.2, 0) is 0 Å². The summed E-state index contributed by atoms with van der Waals surface area (Å²) in [7, 11) is 0. The Morgan fingerprint density at radius 2 is 1.94 bits per heavy atom. The van der Waals surface area contributed by atoms with Crippen LogP contribution in [0.5, 0.6) is 5.75 Å². The molecule has 0 aliphatic carbocycles. The van der Waals surface area contributed by atoms with Gasteiger partial charge < -0.3 is 10.5 Å². The van der Waals surface area contributed by atoms with Gasteiger partial charge in [0.2, 0.25) is 0 Å². The van der Waals surface area contributed by atoms with Gasteiger partial charge in [-0.05, 0) is 24.3 Å². The van der Waals surface area contributed by atoms with E-state index in [2.05, 4.69) is 11.8 Å².